The number of amides is 2. The van der Waals surface area contributed by atoms with E-state index in [1.165, 1.54) is 6.42 Å². The Balaban J connectivity index is 1.64. The van der Waals surface area contributed by atoms with Gasteiger partial charge in [0.25, 0.3) is 11.8 Å². The van der Waals surface area contributed by atoms with Gasteiger partial charge >= 0.3 is 0 Å². The van der Waals surface area contributed by atoms with Crippen LogP contribution in [0.25, 0.3) is 0 Å². The van der Waals surface area contributed by atoms with E-state index in [2.05, 4.69) is 5.32 Å². The van der Waals surface area contributed by atoms with Gasteiger partial charge in [-0.2, -0.15) is 0 Å². The summed E-state index contributed by atoms with van der Waals surface area (Å²) in [6.45, 7) is 1.14. The average molecular weight is 381 g/mol. The van der Waals surface area contributed by atoms with Gasteiger partial charge in [-0.25, -0.2) is 0 Å². The third kappa shape index (κ3) is 4.55. The van der Waals surface area contributed by atoms with Gasteiger partial charge in [0.2, 0.25) is 0 Å². The SMILES string of the molecule is CN(C(=O)c1ccc(NC(=O)[C@H]2COCCO2)cc1Cl)C1CCCCC1. The van der Waals surface area contributed by atoms with E-state index in [0.29, 0.717) is 29.5 Å². The molecular formula is C19H25ClN2O4. The Morgan fingerprint density at radius 3 is 2.62 bits per heavy atom. The summed E-state index contributed by atoms with van der Waals surface area (Å²) in [7, 11) is 1.84. The number of benzene rings is 1. The summed E-state index contributed by atoms with van der Waals surface area (Å²) in [6.07, 6.45) is 5.02. The smallest absolute Gasteiger partial charge is 0.255 e. The summed E-state index contributed by atoms with van der Waals surface area (Å²) in [5.41, 5.74) is 0.987. The lowest BCUT2D eigenvalue weighted by atomic mass is 9.94. The number of carbonyl (C=O) groups is 2. The molecule has 1 heterocycles. The van der Waals surface area contributed by atoms with E-state index < -0.39 is 6.10 Å². The van der Waals surface area contributed by atoms with Gasteiger partial charge in [-0.15, -0.1) is 0 Å². The van der Waals surface area contributed by atoms with Gasteiger partial charge in [0.05, 0.1) is 30.4 Å². The molecule has 1 aliphatic carbocycles. The molecule has 1 aliphatic heterocycles. The maximum absolute atomic E-state index is 12.8. The number of carbonyl (C=O) groups excluding carboxylic acids is 2. The summed E-state index contributed by atoms with van der Waals surface area (Å²) in [4.78, 5) is 26.7. The molecule has 2 aliphatic rings. The molecule has 26 heavy (non-hydrogen) atoms. The maximum atomic E-state index is 12.8. The van der Waals surface area contributed by atoms with E-state index in [0.717, 1.165) is 25.7 Å². The lowest BCUT2D eigenvalue weighted by Crippen LogP contribution is -2.39. The third-order valence-electron chi connectivity index (χ3n) is 5.02. The molecule has 1 saturated heterocycles. The predicted molar refractivity (Wildman–Crippen MR) is 99.6 cm³/mol. The second kappa shape index (κ2) is 8.84. The molecular weight excluding hydrogens is 356 g/mol. The first-order chi connectivity index (χ1) is 12.6. The number of halogens is 1. The topological polar surface area (TPSA) is 67.9 Å². The largest absolute Gasteiger partial charge is 0.376 e. The summed E-state index contributed by atoms with van der Waals surface area (Å²) >= 11 is 6.32. The first kappa shape index (κ1) is 19.1. The Kier molecular flexibility index (Phi) is 6.51. The fourth-order valence-corrected chi connectivity index (χ4v) is 3.71. The molecule has 2 fully saturated rings. The van der Waals surface area contributed by atoms with Crippen molar-refractivity contribution in [3.63, 3.8) is 0 Å². The van der Waals surface area contributed by atoms with Crippen LogP contribution in [0.5, 0.6) is 0 Å². The molecule has 1 saturated carbocycles. The van der Waals surface area contributed by atoms with Crippen molar-refractivity contribution in [2.24, 2.45) is 0 Å². The molecule has 2 amide bonds. The third-order valence-corrected chi connectivity index (χ3v) is 5.33. The van der Waals surface area contributed by atoms with E-state index in [9.17, 15) is 9.59 Å². The number of nitrogens with one attached hydrogen (secondary N) is 1. The summed E-state index contributed by atoms with van der Waals surface area (Å²) in [5.74, 6) is -0.358. The molecule has 0 spiro atoms. The van der Waals surface area contributed by atoms with Crippen molar-refractivity contribution in [1.29, 1.82) is 0 Å². The monoisotopic (exact) mass is 380 g/mol. The Bertz CT molecular complexity index is 655. The highest BCUT2D eigenvalue weighted by Gasteiger charge is 2.25. The van der Waals surface area contributed by atoms with Crippen molar-refractivity contribution in [3.8, 4) is 0 Å². The van der Waals surface area contributed by atoms with Gasteiger partial charge in [0.15, 0.2) is 6.10 Å². The van der Waals surface area contributed by atoms with Gasteiger partial charge in [-0.05, 0) is 31.0 Å². The van der Waals surface area contributed by atoms with Crippen LogP contribution in [0.4, 0.5) is 5.69 Å². The Hall–Kier alpha value is -1.63. The quantitative estimate of drug-likeness (QED) is 0.871. The van der Waals surface area contributed by atoms with Crippen LogP contribution in [-0.2, 0) is 14.3 Å². The highest BCUT2D eigenvalue weighted by atomic mass is 35.5. The fraction of sp³-hybridized carbons (Fsp3) is 0.579. The van der Waals surface area contributed by atoms with Gasteiger partial charge in [0.1, 0.15) is 0 Å². The zero-order valence-electron chi connectivity index (χ0n) is 15.0. The predicted octanol–water partition coefficient (Wildman–Crippen LogP) is 3.10. The minimum absolute atomic E-state index is 0.0798. The summed E-state index contributed by atoms with van der Waals surface area (Å²) in [6, 6.07) is 5.23. The van der Waals surface area contributed by atoms with Crippen LogP contribution in [0.1, 0.15) is 42.5 Å². The van der Waals surface area contributed by atoms with Crippen LogP contribution in [0, 0.1) is 0 Å². The number of ether oxygens (including phenoxy) is 2. The summed E-state index contributed by atoms with van der Waals surface area (Å²) < 4.78 is 10.6. The van der Waals surface area contributed by atoms with E-state index in [4.69, 9.17) is 21.1 Å². The zero-order valence-corrected chi connectivity index (χ0v) is 15.8. The summed E-state index contributed by atoms with van der Waals surface area (Å²) in [5, 5.41) is 3.09. The molecule has 3 rings (SSSR count). The molecule has 7 heteroatoms. The Morgan fingerprint density at radius 2 is 1.96 bits per heavy atom. The Labute approximate surface area is 158 Å². The van der Waals surface area contributed by atoms with Crippen molar-refractivity contribution in [2.75, 3.05) is 32.2 Å². The number of anilines is 1. The number of rotatable bonds is 4. The minimum atomic E-state index is -0.624. The average Bonchev–Trinajstić information content (AvgIpc) is 2.68. The van der Waals surface area contributed by atoms with Crippen LogP contribution in [0.3, 0.4) is 0 Å². The molecule has 1 aromatic carbocycles. The van der Waals surface area contributed by atoms with Crippen LogP contribution in [0.15, 0.2) is 18.2 Å². The van der Waals surface area contributed by atoms with E-state index in [1.54, 1.807) is 23.1 Å². The van der Waals surface area contributed by atoms with Crippen LogP contribution >= 0.6 is 11.6 Å². The standard InChI is InChI=1S/C19H25ClN2O4/c1-22(14-5-3-2-4-6-14)19(24)15-8-7-13(11-16(15)20)21-18(23)17-12-25-9-10-26-17/h7-8,11,14,17H,2-6,9-10,12H2,1H3,(H,21,23)/t17-/m1/s1. The van der Waals surface area contributed by atoms with Crippen molar-refractivity contribution in [2.45, 2.75) is 44.2 Å². The van der Waals surface area contributed by atoms with E-state index >= 15 is 0 Å². The molecule has 142 valence electrons. The minimum Gasteiger partial charge on any atom is -0.376 e. The van der Waals surface area contributed by atoms with Crippen molar-refractivity contribution in [1.82, 2.24) is 4.90 Å². The molecule has 1 N–H and O–H groups in total. The van der Waals surface area contributed by atoms with Gasteiger partial charge < -0.3 is 19.7 Å². The van der Waals surface area contributed by atoms with E-state index in [-0.39, 0.29) is 24.5 Å². The number of hydrogen-bond donors (Lipinski definition) is 1. The van der Waals surface area contributed by atoms with Crippen LogP contribution in [0.2, 0.25) is 5.02 Å². The molecule has 1 atom stereocenters. The fourth-order valence-electron chi connectivity index (χ4n) is 3.45. The Morgan fingerprint density at radius 1 is 1.19 bits per heavy atom. The molecule has 0 aromatic heterocycles. The van der Waals surface area contributed by atoms with Crippen molar-refractivity contribution >= 4 is 29.1 Å². The van der Waals surface area contributed by atoms with E-state index in [1.807, 2.05) is 7.05 Å². The van der Waals surface area contributed by atoms with Crippen LogP contribution < -0.4 is 5.32 Å². The highest BCUT2D eigenvalue weighted by molar-refractivity contribution is 6.34. The van der Waals surface area contributed by atoms with Gasteiger partial charge in [-0.3, -0.25) is 9.59 Å². The van der Waals surface area contributed by atoms with Gasteiger partial charge in [0, 0.05) is 18.8 Å². The molecule has 0 radical (unpaired) electrons. The second-order valence-electron chi connectivity index (χ2n) is 6.83. The van der Waals surface area contributed by atoms with Gasteiger partial charge in [-0.1, -0.05) is 30.9 Å². The molecule has 6 nitrogen and oxygen atoms in total. The van der Waals surface area contributed by atoms with Crippen LogP contribution in [-0.4, -0.2) is 55.7 Å². The zero-order chi connectivity index (χ0) is 18.5. The normalized spacial score (nSPS) is 21.2. The molecule has 0 unspecified atom stereocenters. The second-order valence-corrected chi connectivity index (χ2v) is 7.23. The number of nitrogens with zero attached hydrogens (tertiary/aromatic N) is 1. The molecule has 1 aromatic rings. The maximum Gasteiger partial charge on any atom is 0.255 e. The first-order valence-corrected chi connectivity index (χ1v) is 9.51. The van der Waals surface area contributed by atoms with Crippen molar-refractivity contribution in [3.05, 3.63) is 28.8 Å². The first-order valence-electron chi connectivity index (χ1n) is 9.13. The van der Waals surface area contributed by atoms with Crippen molar-refractivity contribution < 1.29 is 19.1 Å². The highest BCUT2D eigenvalue weighted by Crippen LogP contribution is 2.26. The lowest BCUT2D eigenvalue weighted by molar-refractivity contribution is -0.142. The lowest BCUT2D eigenvalue weighted by Gasteiger charge is -2.31. The molecule has 0 bridgehead atoms. The number of hydrogen-bond acceptors (Lipinski definition) is 4.